The zero-order chi connectivity index (χ0) is 17.0. The van der Waals surface area contributed by atoms with Crippen LogP contribution in [0.5, 0.6) is 0 Å². The lowest BCUT2D eigenvalue weighted by molar-refractivity contribution is -0.119. The van der Waals surface area contributed by atoms with Gasteiger partial charge in [-0.25, -0.2) is 8.42 Å². The zero-order valence-electron chi connectivity index (χ0n) is 13.7. The first-order chi connectivity index (χ1) is 11.6. The van der Waals surface area contributed by atoms with Crippen LogP contribution in [0.3, 0.4) is 0 Å². The highest BCUT2D eigenvalue weighted by Crippen LogP contribution is 2.21. The number of hydrogen-bond acceptors (Lipinski definition) is 6. The van der Waals surface area contributed by atoms with Crippen molar-refractivity contribution in [2.24, 2.45) is 4.99 Å². The number of fused-ring (bicyclic) bond motifs is 1. The molecule has 1 aromatic carbocycles. The largest absolute Gasteiger partial charge is 0.353 e. The lowest BCUT2D eigenvalue weighted by Crippen LogP contribution is -2.46. The van der Waals surface area contributed by atoms with Gasteiger partial charge in [-0.05, 0) is 12.1 Å². The average Bonchev–Trinajstić information content (AvgIpc) is 2.85. The lowest BCUT2D eigenvalue weighted by atomic mass is 10.2. The highest BCUT2D eigenvalue weighted by Gasteiger charge is 2.30. The van der Waals surface area contributed by atoms with E-state index in [1.165, 1.54) is 6.07 Å². The minimum atomic E-state index is -3.56. The summed E-state index contributed by atoms with van der Waals surface area (Å²) < 4.78 is 26.3. The van der Waals surface area contributed by atoms with E-state index in [1.807, 2.05) is 0 Å². The summed E-state index contributed by atoms with van der Waals surface area (Å²) in [6.45, 7) is 5.18. The number of piperazine rings is 1. The number of amidine groups is 1. The molecule has 2 aliphatic rings. The van der Waals surface area contributed by atoms with Crippen LogP contribution in [0.25, 0.3) is 0 Å². The highest BCUT2D eigenvalue weighted by atomic mass is 35.5. The van der Waals surface area contributed by atoms with E-state index in [0.29, 0.717) is 12.1 Å². The molecule has 8 nitrogen and oxygen atoms in total. The van der Waals surface area contributed by atoms with Gasteiger partial charge in [0, 0.05) is 44.8 Å². The fraction of sp³-hybridized carbons (Fsp3) is 0.467. The Bertz CT molecular complexity index is 747. The standard InChI is InChI=1S/C15H21N5O3S.ClH/c21-14(17-7-10-20-8-5-16-6-9-20)11-18-15-12-3-1-2-4-13(12)24(22,23)19-15;/h1-4,16H,5-11H2,(H,17,21)(H,18,19);1H. The van der Waals surface area contributed by atoms with Gasteiger partial charge in [-0.1, -0.05) is 12.1 Å². The Balaban J connectivity index is 0.00000225. The Labute approximate surface area is 153 Å². The third-order valence-corrected chi connectivity index (χ3v) is 5.40. The van der Waals surface area contributed by atoms with E-state index in [-0.39, 0.29) is 35.6 Å². The molecule has 0 aromatic heterocycles. The van der Waals surface area contributed by atoms with Crippen molar-refractivity contribution in [1.29, 1.82) is 0 Å². The zero-order valence-corrected chi connectivity index (χ0v) is 15.3. The van der Waals surface area contributed by atoms with Crippen LogP contribution in [-0.2, 0) is 14.8 Å². The molecule has 1 fully saturated rings. The molecule has 2 heterocycles. The Hall–Kier alpha value is -1.68. The maximum atomic E-state index is 12.0. The molecule has 2 aliphatic heterocycles. The summed E-state index contributed by atoms with van der Waals surface area (Å²) in [7, 11) is -3.56. The predicted octanol–water partition coefficient (Wildman–Crippen LogP) is -0.832. The first-order valence-corrected chi connectivity index (χ1v) is 9.41. The molecule has 0 bridgehead atoms. The molecular weight excluding hydrogens is 366 g/mol. The quantitative estimate of drug-likeness (QED) is 0.612. The molecule has 25 heavy (non-hydrogen) atoms. The Morgan fingerprint density at radius 2 is 1.96 bits per heavy atom. The van der Waals surface area contributed by atoms with Gasteiger partial charge in [0.2, 0.25) is 5.91 Å². The molecule has 1 amide bonds. The lowest BCUT2D eigenvalue weighted by Gasteiger charge is -2.26. The Morgan fingerprint density at radius 1 is 1.24 bits per heavy atom. The third-order valence-electron chi connectivity index (χ3n) is 4.00. The molecule has 1 aromatic rings. The second-order valence-corrected chi connectivity index (χ2v) is 7.36. The van der Waals surface area contributed by atoms with Gasteiger partial charge >= 0.3 is 0 Å². The smallest absolute Gasteiger partial charge is 0.263 e. The molecule has 3 N–H and O–H groups in total. The van der Waals surface area contributed by atoms with E-state index in [0.717, 1.165) is 32.7 Å². The first kappa shape index (κ1) is 19.6. The van der Waals surface area contributed by atoms with E-state index >= 15 is 0 Å². The maximum absolute atomic E-state index is 12.0. The molecule has 0 saturated carbocycles. The van der Waals surface area contributed by atoms with Crippen molar-refractivity contribution in [3.05, 3.63) is 29.8 Å². The number of rotatable bonds is 5. The van der Waals surface area contributed by atoms with Crippen LogP contribution in [-0.4, -0.2) is 70.9 Å². The van der Waals surface area contributed by atoms with Crippen molar-refractivity contribution in [3.8, 4) is 0 Å². The predicted molar refractivity (Wildman–Crippen MR) is 97.7 cm³/mol. The first-order valence-electron chi connectivity index (χ1n) is 7.93. The molecular formula is C15H22ClN5O3S. The molecule has 0 unspecified atom stereocenters. The van der Waals surface area contributed by atoms with Gasteiger partial charge in [-0.15, -0.1) is 12.4 Å². The van der Waals surface area contributed by atoms with E-state index in [1.54, 1.807) is 18.2 Å². The third kappa shape index (κ3) is 4.91. The fourth-order valence-electron chi connectivity index (χ4n) is 2.75. The summed E-state index contributed by atoms with van der Waals surface area (Å²) in [5.74, 6) is 0.00377. The van der Waals surface area contributed by atoms with Crippen molar-refractivity contribution >= 4 is 34.2 Å². The number of hydrogen-bond donors (Lipinski definition) is 3. The summed E-state index contributed by atoms with van der Waals surface area (Å²) in [5, 5.41) is 6.09. The van der Waals surface area contributed by atoms with Gasteiger partial charge in [-0.3, -0.25) is 19.4 Å². The number of benzene rings is 1. The van der Waals surface area contributed by atoms with Crippen molar-refractivity contribution in [1.82, 2.24) is 20.3 Å². The Morgan fingerprint density at radius 3 is 2.72 bits per heavy atom. The summed E-state index contributed by atoms with van der Waals surface area (Å²) in [4.78, 5) is 18.5. The SMILES string of the molecule is Cl.O=C(CN=C1NS(=O)(=O)c2ccccc21)NCCN1CCNCC1. The number of carbonyl (C=O) groups is 1. The van der Waals surface area contributed by atoms with Crippen LogP contribution in [0.4, 0.5) is 0 Å². The van der Waals surface area contributed by atoms with Crippen LogP contribution in [0.1, 0.15) is 5.56 Å². The van der Waals surface area contributed by atoms with E-state index < -0.39 is 10.0 Å². The monoisotopic (exact) mass is 387 g/mol. The van der Waals surface area contributed by atoms with Gasteiger partial charge in [0.25, 0.3) is 10.0 Å². The number of nitrogens with zero attached hydrogens (tertiary/aromatic N) is 2. The Kier molecular flexibility index (Phi) is 6.77. The summed E-state index contributed by atoms with van der Waals surface area (Å²) in [5.41, 5.74) is 0.506. The number of aliphatic imine (C=N–C) groups is 1. The van der Waals surface area contributed by atoms with Gasteiger partial charge in [-0.2, -0.15) is 0 Å². The average molecular weight is 388 g/mol. The van der Waals surface area contributed by atoms with Gasteiger partial charge in [0.15, 0.2) is 0 Å². The number of nitrogens with one attached hydrogen (secondary N) is 3. The van der Waals surface area contributed by atoms with Crippen molar-refractivity contribution in [3.63, 3.8) is 0 Å². The number of sulfonamides is 1. The van der Waals surface area contributed by atoms with Crippen molar-refractivity contribution in [2.45, 2.75) is 4.90 Å². The second kappa shape index (κ2) is 8.61. The fourth-order valence-corrected chi connectivity index (χ4v) is 4.00. The number of amides is 1. The van der Waals surface area contributed by atoms with Crippen molar-refractivity contribution < 1.29 is 13.2 Å². The van der Waals surface area contributed by atoms with Crippen LogP contribution in [0.2, 0.25) is 0 Å². The molecule has 0 spiro atoms. The topological polar surface area (TPSA) is 103 Å². The second-order valence-electron chi connectivity index (χ2n) is 5.71. The van der Waals surface area contributed by atoms with Gasteiger partial charge in [0.1, 0.15) is 12.4 Å². The minimum Gasteiger partial charge on any atom is -0.353 e. The van der Waals surface area contributed by atoms with Crippen LogP contribution in [0.15, 0.2) is 34.2 Å². The number of carbonyl (C=O) groups excluding carboxylic acids is 1. The molecule has 3 rings (SSSR count). The minimum absolute atomic E-state index is 0. The molecule has 0 radical (unpaired) electrons. The van der Waals surface area contributed by atoms with Crippen LogP contribution < -0.4 is 15.4 Å². The van der Waals surface area contributed by atoms with E-state index in [9.17, 15) is 13.2 Å². The van der Waals surface area contributed by atoms with Gasteiger partial charge in [0.05, 0.1) is 4.90 Å². The summed E-state index contributed by atoms with van der Waals surface area (Å²) in [6, 6.07) is 6.59. The van der Waals surface area contributed by atoms with Crippen molar-refractivity contribution in [2.75, 3.05) is 45.8 Å². The van der Waals surface area contributed by atoms with E-state index in [2.05, 4.69) is 25.2 Å². The maximum Gasteiger partial charge on any atom is 0.263 e. The molecule has 10 heteroatoms. The molecule has 0 aliphatic carbocycles. The molecule has 0 atom stereocenters. The summed E-state index contributed by atoms with van der Waals surface area (Å²) in [6.07, 6.45) is 0. The molecule has 138 valence electrons. The van der Waals surface area contributed by atoms with Crippen LogP contribution >= 0.6 is 12.4 Å². The summed E-state index contributed by atoms with van der Waals surface area (Å²) >= 11 is 0. The van der Waals surface area contributed by atoms with Crippen LogP contribution in [0, 0.1) is 0 Å². The number of halogens is 1. The molecule has 1 saturated heterocycles. The normalized spacial score (nSPS) is 20.4. The highest BCUT2D eigenvalue weighted by molar-refractivity contribution is 7.90. The van der Waals surface area contributed by atoms with Gasteiger partial charge < -0.3 is 10.6 Å². The van der Waals surface area contributed by atoms with E-state index in [4.69, 9.17) is 0 Å².